The number of fused-ring (bicyclic) bond motifs is 6. The van der Waals surface area contributed by atoms with Gasteiger partial charge in [0.05, 0.1) is 22.1 Å². The highest BCUT2D eigenvalue weighted by Gasteiger charge is 2.12. The molecule has 2 aromatic heterocycles. The molecule has 2 N–H and O–H groups in total. The average Bonchev–Trinajstić information content (AvgIpc) is 2.82. The average molecular weight is 412 g/mol. The van der Waals surface area contributed by atoms with Crippen LogP contribution < -0.4 is 10.9 Å². The Kier molecular flexibility index (Phi) is 3.26. The van der Waals surface area contributed by atoms with Gasteiger partial charge in [0.2, 0.25) is 0 Å². The number of rotatable bonds is 0. The molecule has 2 heterocycles. The molecule has 7 rings (SSSR count). The van der Waals surface area contributed by atoms with Crippen molar-refractivity contribution in [3.8, 4) is 0 Å². The Morgan fingerprint density at radius 3 is 1.12 bits per heavy atom. The molecule has 0 unspecified atom stereocenters. The van der Waals surface area contributed by atoms with E-state index in [-0.39, 0.29) is 10.9 Å². The van der Waals surface area contributed by atoms with Crippen LogP contribution in [0.15, 0.2) is 94.5 Å². The summed E-state index contributed by atoms with van der Waals surface area (Å²) < 4.78 is 0. The molecule has 0 amide bonds. The van der Waals surface area contributed by atoms with Crippen molar-refractivity contribution in [2.45, 2.75) is 0 Å². The zero-order valence-corrected chi connectivity index (χ0v) is 16.9. The lowest BCUT2D eigenvalue weighted by atomic mass is 10.0. The molecule has 150 valence electrons. The van der Waals surface area contributed by atoms with E-state index in [4.69, 9.17) is 0 Å². The zero-order chi connectivity index (χ0) is 21.4. The zero-order valence-electron chi connectivity index (χ0n) is 16.9. The van der Waals surface area contributed by atoms with Gasteiger partial charge in [-0.1, -0.05) is 48.5 Å². The van der Waals surface area contributed by atoms with Gasteiger partial charge in [-0.15, -0.1) is 0 Å². The van der Waals surface area contributed by atoms with Gasteiger partial charge >= 0.3 is 0 Å². The smallest absolute Gasteiger partial charge is 0.197 e. The molecule has 0 aliphatic heterocycles. The largest absolute Gasteiger partial charge is 0.354 e. The first-order valence-electron chi connectivity index (χ1n) is 10.5. The molecular formula is C28H16N2O2. The van der Waals surface area contributed by atoms with Gasteiger partial charge in [-0.05, 0) is 57.9 Å². The van der Waals surface area contributed by atoms with Gasteiger partial charge in [-0.25, -0.2) is 0 Å². The molecule has 5 aromatic carbocycles. The summed E-state index contributed by atoms with van der Waals surface area (Å²) in [5.74, 6) is 0. The van der Waals surface area contributed by atoms with Crippen molar-refractivity contribution in [2.24, 2.45) is 0 Å². The Morgan fingerprint density at radius 1 is 0.406 bits per heavy atom. The van der Waals surface area contributed by atoms with Crippen LogP contribution >= 0.6 is 0 Å². The maximum absolute atomic E-state index is 13.4. The van der Waals surface area contributed by atoms with Crippen LogP contribution in [0, 0.1) is 0 Å². The van der Waals surface area contributed by atoms with Crippen LogP contribution in [-0.4, -0.2) is 9.97 Å². The van der Waals surface area contributed by atoms with E-state index in [1.54, 1.807) is 12.1 Å². The molecule has 0 saturated carbocycles. The Bertz CT molecular complexity index is 1880. The minimum absolute atomic E-state index is 0.0409. The first-order chi connectivity index (χ1) is 15.7. The highest BCUT2D eigenvalue weighted by molar-refractivity contribution is 6.06. The predicted octanol–water partition coefficient (Wildman–Crippen LogP) is 5.98. The summed E-state index contributed by atoms with van der Waals surface area (Å²) >= 11 is 0. The van der Waals surface area contributed by atoms with Crippen molar-refractivity contribution >= 4 is 65.2 Å². The summed E-state index contributed by atoms with van der Waals surface area (Å²) in [5, 5.41) is 6.59. The van der Waals surface area contributed by atoms with Crippen LogP contribution in [0.5, 0.6) is 0 Å². The van der Waals surface area contributed by atoms with Gasteiger partial charge in [0.25, 0.3) is 0 Å². The Labute approximate surface area is 180 Å². The maximum Gasteiger partial charge on any atom is 0.197 e. The van der Waals surface area contributed by atoms with Gasteiger partial charge in [-0.2, -0.15) is 0 Å². The Morgan fingerprint density at radius 2 is 0.719 bits per heavy atom. The fourth-order valence-corrected chi connectivity index (χ4v) is 4.83. The van der Waals surface area contributed by atoms with Crippen LogP contribution in [-0.2, 0) is 0 Å². The van der Waals surface area contributed by atoms with Gasteiger partial charge in [0.1, 0.15) is 0 Å². The van der Waals surface area contributed by atoms with E-state index in [1.165, 1.54) is 0 Å². The quantitative estimate of drug-likeness (QED) is 0.301. The number of H-pyrrole nitrogens is 2. The lowest BCUT2D eigenvalue weighted by Crippen LogP contribution is -2.08. The molecule has 4 heteroatoms. The number of benzene rings is 5. The molecule has 4 nitrogen and oxygen atoms in total. The third-order valence-electron chi connectivity index (χ3n) is 6.45. The normalized spacial score (nSPS) is 12.0. The highest BCUT2D eigenvalue weighted by atomic mass is 16.1. The summed E-state index contributed by atoms with van der Waals surface area (Å²) in [6.45, 7) is 0. The van der Waals surface area contributed by atoms with E-state index in [1.807, 2.05) is 72.8 Å². The second-order valence-corrected chi connectivity index (χ2v) is 8.34. The molecule has 0 aliphatic rings. The molecule has 0 spiro atoms. The first kappa shape index (κ1) is 17.3. The van der Waals surface area contributed by atoms with E-state index in [0.717, 1.165) is 32.6 Å². The number of hydrogen-bond acceptors (Lipinski definition) is 2. The van der Waals surface area contributed by atoms with Gasteiger partial charge in [-0.3, -0.25) is 9.59 Å². The maximum atomic E-state index is 13.4. The van der Waals surface area contributed by atoms with Gasteiger partial charge in [0.15, 0.2) is 10.9 Å². The minimum Gasteiger partial charge on any atom is -0.354 e. The fraction of sp³-hybridized carbons (Fsp3) is 0. The van der Waals surface area contributed by atoms with E-state index in [2.05, 4.69) is 9.97 Å². The van der Waals surface area contributed by atoms with Crippen LogP contribution in [0.25, 0.3) is 65.2 Å². The summed E-state index contributed by atoms with van der Waals surface area (Å²) in [5.41, 5.74) is 2.78. The van der Waals surface area contributed by atoms with Crippen molar-refractivity contribution < 1.29 is 0 Å². The lowest BCUT2D eigenvalue weighted by molar-refractivity contribution is 1.46. The number of hydrogen-bond donors (Lipinski definition) is 2. The third kappa shape index (κ3) is 2.32. The van der Waals surface area contributed by atoms with Gasteiger partial charge < -0.3 is 9.97 Å². The summed E-state index contributed by atoms with van der Waals surface area (Å²) in [4.78, 5) is 33.5. The van der Waals surface area contributed by atoms with Crippen molar-refractivity contribution in [3.63, 3.8) is 0 Å². The number of aromatic nitrogens is 2. The monoisotopic (exact) mass is 412 g/mol. The van der Waals surface area contributed by atoms with E-state index < -0.39 is 0 Å². The number of pyridine rings is 2. The lowest BCUT2D eigenvalue weighted by Gasteiger charge is -2.08. The molecule has 0 radical (unpaired) electrons. The van der Waals surface area contributed by atoms with Crippen LogP contribution in [0.1, 0.15) is 0 Å². The highest BCUT2D eigenvalue weighted by Crippen LogP contribution is 2.26. The van der Waals surface area contributed by atoms with Crippen LogP contribution in [0.3, 0.4) is 0 Å². The molecule has 0 atom stereocenters. The molecule has 32 heavy (non-hydrogen) atoms. The second kappa shape index (κ2) is 6.05. The predicted molar refractivity (Wildman–Crippen MR) is 133 cm³/mol. The molecular weight excluding hydrogens is 396 g/mol. The third-order valence-corrected chi connectivity index (χ3v) is 6.45. The Balaban J connectivity index is 1.63. The van der Waals surface area contributed by atoms with Crippen molar-refractivity contribution in [1.29, 1.82) is 0 Å². The summed E-state index contributed by atoms with van der Waals surface area (Å²) in [6, 6.07) is 27.4. The van der Waals surface area contributed by atoms with Crippen molar-refractivity contribution in [3.05, 3.63) is 105 Å². The first-order valence-corrected chi connectivity index (χ1v) is 10.5. The van der Waals surface area contributed by atoms with E-state index >= 15 is 0 Å². The molecule has 0 saturated heterocycles. The summed E-state index contributed by atoms with van der Waals surface area (Å²) in [7, 11) is 0. The van der Waals surface area contributed by atoms with Gasteiger partial charge in [0, 0.05) is 21.5 Å². The Hall–Kier alpha value is -4.44. The minimum atomic E-state index is -0.0409. The van der Waals surface area contributed by atoms with Crippen molar-refractivity contribution in [1.82, 2.24) is 9.97 Å². The van der Waals surface area contributed by atoms with E-state index in [9.17, 15) is 9.59 Å². The number of nitrogens with one attached hydrogen (secondary N) is 2. The fourth-order valence-electron chi connectivity index (χ4n) is 4.83. The topological polar surface area (TPSA) is 65.7 Å². The SMILES string of the molecule is O=c1c2cc3ccccc3cc2[nH]c2cc3c(=O)c4cc5ccccc5cc4[nH]c3cc12. The summed E-state index contributed by atoms with van der Waals surface area (Å²) in [6.07, 6.45) is 0. The molecule has 0 aliphatic carbocycles. The van der Waals surface area contributed by atoms with Crippen molar-refractivity contribution in [2.75, 3.05) is 0 Å². The van der Waals surface area contributed by atoms with Crippen LogP contribution in [0.4, 0.5) is 0 Å². The van der Waals surface area contributed by atoms with E-state index in [0.29, 0.717) is 32.6 Å². The molecule has 0 bridgehead atoms. The molecule has 0 fully saturated rings. The molecule has 7 aromatic rings. The van der Waals surface area contributed by atoms with Crippen LogP contribution in [0.2, 0.25) is 0 Å². The number of aromatic amines is 2. The second-order valence-electron chi connectivity index (χ2n) is 8.34. The standard InChI is InChI=1S/C28H16N2O2/c31-27-19-9-15-5-1-3-7-17(15)11-23(19)29-25-14-22-26(13-21(25)27)30-24-12-18-8-4-2-6-16(18)10-20(24)28(22)32/h1-14H,(H,29,31)(H,30,32).